The fraction of sp³-hybridized carbons (Fsp3) is 0.130. The molecule has 3 amide bonds. The van der Waals surface area contributed by atoms with Crippen molar-refractivity contribution in [2.24, 2.45) is 17.2 Å². The number of primary amides is 3. The molecule has 0 aliphatic rings. The summed E-state index contributed by atoms with van der Waals surface area (Å²) in [7, 11) is 0. The van der Waals surface area contributed by atoms with Crippen LogP contribution in [0.4, 0.5) is 0 Å². The lowest BCUT2D eigenvalue weighted by Gasteiger charge is -1.97. The molecule has 0 spiro atoms. The number of carbonyl (C=O) groups excluding carboxylic acids is 3. The van der Waals surface area contributed by atoms with Gasteiger partial charge in [0.2, 0.25) is 11.8 Å². The summed E-state index contributed by atoms with van der Waals surface area (Å²) in [5.74, 6) is -1.20. The second kappa shape index (κ2) is 11.8. The first-order valence-electron chi connectivity index (χ1n) is 9.07. The Morgan fingerprint density at radius 2 is 1.00 bits per heavy atom. The van der Waals surface area contributed by atoms with Gasteiger partial charge in [0.15, 0.2) is 0 Å². The molecule has 30 heavy (non-hydrogen) atoms. The Kier molecular flexibility index (Phi) is 9.42. The van der Waals surface area contributed by atoms with Crippen molar-refractivity contribution in [3.63, 3.8) is 0 Å². The molecule has 2 aromatic carbocycles. The average Bonchev–Trinajstić information content (AvgIpc) is 2.69. The summed E-state index contributed by atoms with van der Waals surface area (Å²) in [6.07, 6.45) is 1.55. The first-order chi connectivity index (χ1) is 14.1. The zero-order valence-corrected chi connectivity index (χ0v) is 17.3. The minimum absolute atomic E-state index is 0.350. The maximum atomic E-state index is 10.6. The van der Waals surface area contributed by atoms with Gasteiger partial charge < -0.3 is 17.2 Å². The van der Waals surface area contributed by atoms with Crippen LogP contribution in [0.1, 0.15) is 47.9 Å². The van der Waals surface area contributed by atoms with E-state index in [0.717, 1.165) is 16.7 Å². The summed E-state index contributed by atoms with van der Waals surface area (Å²) >= 11 is 0. The van der Waals surface area contributed by atoms with E-state index in [1.165, 1.54) is 0 Å². The molecular formula is C23H26N4O3. The van der Waals surface area contributed by atoms with Gasteiger partial charge in [-0.05, 0) is 55.7 Å². The Morgan fingerprint density at radius 1 is 0.600 bits per heavy atom. The molecule has 0 bridgehead atoms. The van der Waals surface area contributed by atoms with Crippen molar-refractivity contribution in [3.8, 4) is 0 Å². The number of hydrogen-bond donors (Lipinski definition) is 3. The van der Waals surface area contributed by atoms with E-state index in [9.17, 15) is 14.4 Å². The van der Waals surface area contributed by atoms with Crippen LogP contribution in [0, 0.1) is 20.8 Å². The SMILES string of the molecule is Cc1ccccc1C(N)=O.Cc1ccccc1C(N)=O.Cc1cccnc1C(N)=O. The van der Waals surface area contributed by atoms with Crippen molar-refractivity contribution in [2.75, 3.05) is 0 Å². The van der Waals surface area contributed by atoms with Crippen LogP contribution in [0.5, 0.6) is 0 Å². The quantitative estimate of drug-likeness (QED) is 0.614. The number of benzene rings is 2. The number of amides is 3. The topological polar surface area (TPSA) is 142 Å². The van der Waals surface area contributed by atoms with Crippen molar-refractivity contribution in [2.45, 2.75) is 20.8 Å². The predicted octanol–water partition coefficient (Wildman–Crippen LogP) is 2.68. The standard InChI is InChI=1S/2C8H9NO.C7H8N2O/c2*1-6-4-2-3-5-7(6)8(9)10;1-5-3-2-4-9-6(5)7(8)10/h2*2-5H,1H3,(H2,9,10);2-4H,1H3,(H2,8,10). The number of carbonyl (C=O) groups is 3. The highest BCUT2D eigenvalue weighted by Crippen LogP contribution is 2.05. The van der Waals surface area contributed by atoms with Crippen LogP contribution >= 0.6 is 0 Å². The largest absolute Gasteiger partial charge is 0.366 e. The van der Waals surface area contributed by atoms with E-state index in [0.29, 0.717) is 16.8 Å². The maximum absolute atomic E-state index is 10.6. The Balaban J connectivity index is 0.000000225. The van der Waals surface area contributed by atoms with Gasteiger partial charge in [-0.1, -0.05) is 42.5 Å². The van der Waals surface area contributed by atoms with E-state index in [2.05, 4.69) is 4.98 Å². The summed E-state index contributed by atoms with van der Waals surface area (Å²) in [6.45, 7) is 5.52. The highest BCUT2D eigenvalue weighted by atomic mass is 16.2. The Labute approximate surface area is 175 Å². The van der Waals surface area contributed by atoms with Gasteiger partial charge in [-0.15, -0.1) is 0 Å². The monoisotopic (exact) mass is 406 g/mol. The summed E-state index contributed by atoms with van der Waals surface area (Å²) < 4.78 is 0. The number of hydrogen-bond acceptors (Lipinski definition) is 4. The fourth-order valence-electron chi connectivity index (χ4n) is 2.44. The van der Waals surface area contributed by atoms with Crippen LogP contribution in [-0.4, -0.2) is 22.7 Å². The van der Waals surface area contributed by atoms with Crippen LogP contribution in [0.3, 0.4) is 0 Å². The lowest BCUT2D eigenvalue weighted by molar-refractivity contribution is 0.0988. The minimum Gasteiger partial charge on any atom is -0.366 e. The molecule has 0 saturated carbocycles. The predicted molar refractivity (Wildman–Crippen MR) is 117 cm³/mol. The Bertz CT molecular complexity index is 900. The molecule has 0 fully saturated rings. The van der Waals surface area contributed by atoms with Crippen molar-refractivity contribution in [1.82, 2.24) is 4.98 Å². The molecule has 0 aliphatic carbocycles. The molecule has 0 unspecified atom stereocenters. The van der Waals surface area contributed by atoms with E-state index >= 15 is 0 Å². The molecule has 156 valence electrons. The Morgan fingerprint density at radius 3 is 1.27 bits per heavy atom. The molecule has 6 N–H and O–H groups in total. The highest BCUT2D eigenvalue weighted by molar-refractivity contribution is 5.94. The van der Waals surface area contributed by atoms with Gasteiger partial charge in [0, 0.05) is 17.3 Å². The van der Waals surface area contributed by atoms with E-state index in [4.69, 9.17) is 17.2 Å². The number of aromatic nitrogens is 1. The molecule has 7 heteroatoms. The molecule has 3 rings (SSSR count). The van der Waals surface area contributed by atoms with E-state index < -0.39 is 5.91 Å². The zero-order chi connectivity index (χ0) is 22.7. The molecule has 0 radical (unpaired) electrons. The smallest absolute Gasteiger partial charge is 0.267 e. The first kappa shape index (κ1) is 24.0. The van der Waals surface area contributed by atoms with E-state index in [1.54, 1.807) is 49.5 Å². The fourth-order valence-corrected chi connectivity index (χ4v) is 2.44. The molecular weight excluding hydrogens is 380 g/mol. The van der Waals surface area contributed by atoms with Gasteiger partial charge >= 0.3 is 0 Å². The number of nitrogens with zero attached hydrogens (tertiary/aromatic N) is 1. The second-order valence-electron chi connectivity index (χ2n) is 6.39. The normalized spacial score (nSPS) is 9.30. The number of rotatable bonds is 3. The van der Waals surface area contributed by atoms with Gasteiger partial charge in [0.25, 0.3) is 5.91 Å². The molecule has 7 nitrogen and oxygen atoms in total. The molecule has 0 atom stereocenters. The van der Waals surface area contributed by atoms with E-state index in [-0.39, 0.29) is 11.8 Å². The molecule has 1 aromatic heterocycles. The van der Waals surface area contributed by atoms with Crippen LogP contribution in [0.25, 0.3) is 0 Å². The van der Waals surface area contributed by atoms with Gasteiger partial charge in [0.05, 0.1) is 0 Å². The maximum Gasteiger partial charge on any atom is 0.267 e. The number of pyridine rings is 1. The van der Waals surface area contributed by atoms with Crippen LogP contribution in [0.2, 0.25) is 0 Å². The van der Waals surface area contributed by atoms with Gasteiger partial charge in [-0.25, -0.2) is 0 Å². The summed E-state index contributed by atoms with van der Waals surface area (Å²) in [6, 6.07) is 18.1. The number of nitrogens with two attached hydrogens (primary N) is 3. The Hall–Kier alpha value is -4.00. The summed E-state index contributed by atoms with van der Waals surface area (Å²) in [4.78, 5) is 35.7. The van der Waals surface area contributed by atoms with Crippen molar-refractivity contribution < 1.29 is 14.4 Å². The average molecular weight is 406 g/mol. The zero-order valence-electron chi connectivity index (χ0n) is 17.3. The number of aryl methyl sites for hydroxylation is 3. The third kappa shape index (κ3) is 7.55. The van der Waals surface area contributed by atoms with Gasteiger partial charge in [0.1, 0.15) is 5.69 Å². The summed E-state index contributed by atoms with van der Waals surface area (Å²) in [5, 5.41) is 0. The lowest BCUT2D eigenvalue weighted by atomic mass is 10.1. The van der Waals surface area contributed by atoms with Crippen LogP contribution in [0.15, 0.2) is 66.9 Å². The van der Waals surface area contributed by atoms with Gasteiger partial charge in [-0.3, -0.25) is 19.4 Å². The molecule has 0 saturated heterocycles. The summed E-state index contributed by atoms with van der Waals surface area (Å²) in [5.41, 5.74) is 19.4. The lowest BCUT2D eigenvalue weighted by Crippen LogP contribution is -2.14. The molecule has 1 heterocycles. The van der Waals surface area contributed by atoms with Crippen molar-refractivity contribution in [3.05, 3.63) is 100 Å². The van der Waals surface area contributed by atoms with Crippen molar-refractivity contribution >= 4 is 17.7 Å². The minimum atomic E-state index is -0.474. The second-order valence-corrected chi connectivity index (χ2v) is 6.39. The third-order valence-corrected chi connectivity index (χ3v) is 4.06. The molecule has 3 aromatic rings. The highest BCUT2D eigenvalue weighted by Gasteiger charge is 2.03. The van der Waals surface area contributed by atoms with E-state index in [1.807, 2.05) is 38.1 Å². The van der Waals surface area contributed by atoms with Crippen LogP contribution in [-0.2, 0) is 0 Å². The van der Waals surface area contributed by atoms with Gasteiger partial charge in [-0.2, -0.15) is 0 Å². The third-order valence-electron chi connectivity index (χ3n) is 4.06. The van der Waals surface area contributed by atoms with Crippen LogP contribution < -0.4 is 17.2 Å². The molecule has 0 aliphatic heterocycles. The van der Waals surface area contributed by atoms with Crippen molar-refractivity contribution in [1.29, 1.82) is 0 Å². The first-order valence-corrected chi connectivity index (χ1v) is 9.07.